The second kappa shape index (κ2) is 9.62. The van der Waals surface area contributed by atoms with Crippen LogP contribution in [0.1, 0.15) is 41.2 Å². The third-order valence-electron chi connectivity index (χ3n) is 5.86. The topological polar surface area (TPSA) is 109 Å². The van der Waals surface area contributed by atoms with Crippen LogP contribution in [0.2, 0.25) is 0 Å². The lowest BCUT2D eigenvalue weighted by molar-refractivity contribution is 0.100. The SMILES string of the molecule is N#C[C@H]1CC[C@@H](NCc2ccccc2)CC1n1cc(C(N)=O)c(Nc2ccc(F)cc2)n1. The van der Waals surface area contributed by atoms with Crippen molar-refractivity contribution in [3.63, 3.8) is 0 Å². The fraction of sp³-hybridized carbons (Fsp3) is 0.292. The van der Waals surface area contributed by atoms with Crippen molar-refractivity contribution < 1.29 is 9.18 Å². The molecule has 8 heteroatoms. The van der Waals surface area contributed by atoms with E-state index in [1.54, 1.807) is 23.0 Å². The number of primary amides is 1. The maximum atomic E-state index is 13.2. The first-order valence-corrected chi connectivity index (χ1v) is 10.6. The van der Waals surface area contributed by atoms with Crippen molar-refractivity contribution in [2.75, 3.05) is 5.32 Å². The first-order valence-electron chi connectivity index (χ1n) is 10.6. The zero-order valence-corrected chi connectivity index (χ0v) is 17.5. The number of aromatic nitrogens is 2. The maximum Gasteiger partial charge on any atom is 0.254 e. The summed E-state index contributed by atoms with van der Waals surface area (Å²) in [6, 6.07) is 18.3. The average molecular weight is 433 g/mol. The smallest absolute Gasteiger partial charge is 0.254 e. The predicted molar refractivity (Wildman–Crippen MR) is 119 cm³/mol. The number of rotatable bonds is 7. The van der Waals surface area contributed by atoms with E-state index in [-0.39, 0.29) is 29.4 Å². The number of hydrogen-bond acceptors (Lipinski definition) is 5. The molecule has 4 N–H and O–H groups in total. The molecular formula is C24H25FN6O. The lowest BCUT2D eigenvalue weighted by Gasteiger charge is -2.33. The molecular weight excluding hydrogens is 407 g/mol. The van der Waals surface area contributed by atoms with Gasteiger partial charge >= 0.3 is 0 Å². The number of anilines is 2. The molecule has 0 radical (unpaired) electrons. The normalized spacial score (nSPS) is 20.4. The highest BCUT2D eigenvalue weighted by molar-refractivity contribution is 5.98. The summed E-state index contributed by atoms with van der Waals surface area (Å²) < 4.78 is 14.9. The van der Waals surface area contributed by atoms with E-state index < -0.39 is 5.91 Å². The fourth-order valence-electron chi connectivity index (χ4n) is 4.14. The molecule has 1 amide bonds. The van der Waals surface area contributed by atoms with Crippen LogP contribution in [-0.2, 0) is 6.54 Å². The summed E-state index contributed by atoms with van der Waals surface area (Å²) in [4.78, 5) is 12.0. The van der Waals surface area contributed by atoms with Crippen molar-refractivity contribution >= 4 is 17.4 Å². The van der Waals surface area contributed by atoms with Gasteiger partial charge in [0, 0.05) is 24.5 Å². The van der Waals surface area contributed by atoms with Crippen LogP contribution in [-0.4, -0.2) is 21.7 Å². The van der Waals surface area contributed by atoms with Crippen LogP contribution in [0, 0.1) is 23.1 Å². The van der Waals surface area contributed by atoms with Crippen molar-refractivity contribution in [1.29, 1.82) is 5.26 Å². The molecule has 3 atom stereocenters. The Morgan fingerprint density at radius 1 is 1.19 bits per heavy atom. The highest BCUT2D eigenvalue weighted by atomic mass is 19.1. The minimum Gasteiger partial charge on any atom is -0.365 e. The predicted octanol–water partition coefficient (Wildman–Crippen LogP) is 3.89. The highest BCUT2D eigenvalue weighted by Crippen LogP contribution is 2.35. The minimum absolute atomic E-state index is 0.191. The molecule has 0 aliphatic heterocycles. The van der Waals surface area contributed by atoms with Gasteiger partial charge in [-0.2, -0.15) is 10.4 Å². The Morgan fingerprint density at radius 2 is 1.94 bits per heavy atom. The standard InChI is InChI=1S/C24H25FN6O/c25-18-7-10-19(11-8-18)29-24-21(23(27)32)15-31(30-24)22-12-20(9-6-17(22)13-26)28-14-16-4-2-1-3-5-16/h1-5,7-8,10-11,15,17,20,22,28H,6,9,12,14H2,(H2,27,32)(H,29,30)/t17-,20-,22?/m1/s1. The number of nitriles is 1. The van der Waals surface area contributed by atoms with Gasteiger partial charge in [0.25, 0.3) is 5.91 Å². The van der Waals surface area contributed by atoms with Gasteiger partial charge in [-0.25, -0.2) is 4.39 Å². The third-order valence-corrected chi connectivity index (χ3v) is 5.86. The van der Waals surface area contributed by atoms with E-state index in [0.717, 1.165) is 19.4 Å². The van der Waals surface area contributed by atoms with Crippen LogP contribution in [0.4, 0.5) is 15.9 Å². The van der Waals surface area contributed by atoms with Gasteiger partial charge in [0.2, 0.25) is 0 Å². The number of carbonyl (C=O) groups is 1. The molecule has 32 heavy (non-hydrogen) atoms. The Labute approximate surface area is 186 Å². The monoisotopic (exact) mass is 432 g/mol. The van der Waals surface area contributed by atoms with Crippen molar-refractivity contribution in [3.8, 4) is 6.07 Å². The number of nitrogens with two attached hydrogens (primary N) is 1. The molecule has 1 fully saturated rings. The van der Waals surface area contributed by atoms with Crippen LogP contribution in [0.25, 0.3) is 0 Å². The number of nitrogens with one attached hydrogen (secondary N) is 2. The first-order chi connectivity index (χ1) is 15.5. The van der Waals surface area contributed by atoms with E-state index in [4.69, 9.17) is 5.73 Å². The summed E-state index contributed by atoms with van der Waals surface area (Å²) >= 11 is 0. The molecule has 0 spiro atoms. The second-order valence-corrected chi connectivity index (χ2v) is 8.05. The van der Waals surface area contributed by atoms with Crippen LogP contribution >= 0.6 is 0 Å². The second-order valence-electron chi connectivity index (χ2n) is 8.05. The average Bonchev–Trinajstić information content (AvgIpc) is 3.23. The summed E-state index contributed by atoms with van der Waals surface area (Å²) in [7, 11) is 0. The van der Waals surface area contributed by atoms with Gasteiger partial charge < -0.3 is 16.4 Å². The molecule has 1 aliphatic carbocycles. The van der Waals surface area contributed by atoms with Gasteiger partial charge in [-0.1, -0.05) is 30.3 Å². The summed E-state index contributed by atoms with van der Waals surface area (Å²) in [6.45, 7) is 0.748. The van der Waals surface area contributed by atoms with E-state index >= 15 is 0 Å². The number of hydrogen-bond donors (Lipinski definition) is 3. The van der Waals surface area contributed by atoms with Crippen LogP contribution in [0.5, 0.6) is 0 Å². The number of halogens is 1. The molecule has 1 aromatic heterocycles. The van der Waals surface area contributed by atoms with Crippen LogP contribution in [0.3, 0.4) is 0 Å². The van der Waals surface area contributed by atoms with Gasteiger partial charge in [-0.05, 0) is 49.1 Å². The molecule has 1 aliphatic rings. The Kier molecular flexibility index (Phi) is 6.47. The first kappa shape index (κ1) is 21.5. The van der Waals surface area contributed by atoms with Crippen molar-refractivity contribution in [2.24, 2.45) is 11.7 Å². The lowest BCUT2D eigenvalue weighted by atomic mass is 9.82. The Bertz CT molecular complexity index is 1110. The molecule has 2 aromatic carbocycles. The van der Waals surface area contributed by atoms with Gasteiger partial charge in [0.1, 0.15) is 11.4 Å². The summed E-state index contributed by atoms with van der Waals surface area (Å²) in [6.07, 6.45) is 3.94. The Hall–Kier alpha value is -3.70. The highest BCUT2D eigenvalue weighted by Gasteiger charge is 2.33. The van der Waals surface area contributed by atoms with E-state index in [0.29, 0.717) is 17.9 Å². The molecule has 1 heterocycles. The van der Waals surface area contributed by atoms with E-state index in [1.165, 1.54) is 17.7 Å². The quantitative estimate of drug-likeness (QED) is 0.525. The molecule has 1 saturated carbocycles. The molecule has 0 bridgehead atoms. The zero-order valence-electron chi connectivity index (χ0n) is 17.5. The molecule has 3 aromatic rings. The van der Waals surface area contributed by atoms with Crippen molar-refractivity contribution in [2.45, 2.75) is 37.9 Å². The van der Waals surface area contributed by atoms with Gasteiger partial charge in [-0.15, -0.1) is 0 Å². The largest absolute Gasteiger partial charge is 0.365 e. The van der Waals surface area contributed by atoms with E-state index in [1.807, 2.05) is 18.2 Å². The Morgan fingerprint density at radius 3 is 2.62 bits per heavy atom. The summed E-state index contributed by atoms with van der Waals surface area (Å²) in [5, 5.41) is 20.9. The number of nitrogens with zero attached hydrogens (tertiary/aromatic N) is 3. The van der Waals surface area contributed by atoms with E-state index in [9.17, 15) is 14.4 Å². The van der Waals surface area contributed by atoms with Crippen molar-refractivity contribution in [3.05, 3.63) is 77.7 Å². The maximum absolute atomic E-state index is 13.2. The molecule has 7 nitrogen and oxygen atoms in total. The zero-order chi connectivity index (χ0) is 22.5. The summed E-state index contributed by atoms with van der Waals surface area (Å²) in [5.41, 5.74) is 7.59. The van der Waals surface area contributed by atoms with Gasteiger partial charge in [0.15, 0.2) is 5.82 Å². The van der Waals surface area contributed by atoms with Gasteiger partial charge in [0.05, 0.1) is 18.0 Å². The lowest BCUT2D eigenvalue weighted by Crippen LogP contribution is -2.38. The summed E-state index contributed by atoms with van der Waals surface area (Å²) in [5.74, 6) is -0.905. The fourth-order valence-corrected chi connectivity index (χ4v) is 4.14. The van der Waals surface area contributed by atoms with Crippen molar-refractivity contribution in [1.82, 2.24) is 15.1 Å². The van der Waals surface area contributed by atoms with Gasteiger partial charge in [-0.3, -0.25) is 9.48 Å². The number of amides is 1. The Balaban J connectivity index is 1.53. The van der Waals surface area contributed by atoms with E-state index in [2.05, 4.69) is 33.9 Å². The number of carbonyl (C=O) groups excluding carboxylic acids is 1. The third kappa shape index (κ3) is 4.95. The molecule has 164 valence electrons. The van der Waals surface area contributed by atoms with Crippen LogP contribution in [0.15, 0.2) is 60.8 Å². The number of benzene rings is 2. The minimum atomic E-state index is -0.621. The molecule has 0 saturated heterocycles. The molecule has 4 rings (SSSR count). The molecule has 1 unspecified atom stereocenters. The van der Waals surface area contributed by atoms with Crippen LogP contribution < -0.4 is 16.4 Å².